The van der Waals surface area contributed by atoms with Gasteiger partial charge in [0.05, 0.1) is 22.5 Å². The van der Waals surface area contributed by atoms with Crippen molar-refractivity contribution in [3.8, 4) is 33.1 Å². The Hall–Kier alpha value is -3.85. The Balaban J connectivity index is 1.52. The second kappa shape index (κ2) is 6.33. The first kappa shape index (κ1) is 17.0. The molecule has 0 saturated heterocycles. The molecule has 0 aromatic carbocycles. The number of nitrogens with zero attached hydrogens (tertiary/aromatic N) is 5. The molecule has 2 N–H and O–H groups in total. The van der Waals surface area contributed by atoms with Gasteiger partial charge < -0.3 is 4.98 Å². The Labute approximate surface area is 173 Å². The van der Waals surface area contributed by atoms with Gasteiger partial charge in [0.25, 0.3) is 0 Å². The molecule has 30 heavy (non-hydrogen) atoms. The minimum Gasteiger partial charge on any atom is -0.353 e. The first-order valence-electron chi connectivity index (χ1n) is 9.23. The number of rotatable bonds is 3. The summed E-state index contributed by atoms with van der Waals surface area (Å²) in [7, 11) is 1.88. The van der Waals surface area contributed by atoms with Crippen LogP contribution in [-0.2, 0) is 7.05 Å². The van der Waals surface area contributed by atoms with E-state index in [1.807, 2.05) is 31.6 Å². The van der Waals surface area contributed by atoms with Crippen LogP contribution in [0, 0.1) is 5.13 Å². The van der Waals surface area contributed by atoms with Crippen molar-refractivity contribution >= 4 is 33.3 Å². The van der Waals surface area contributed by atoms with E-state index in [4.69, 9.17) is 0 Å². The molecule has 0 bridgehead atoms. The standard InChI is InChI=1S/C21H14FN7S/c1-29-10-12(9-25-29)11-6-14-19(27-28-21(14)24-8-11)16-7-13-15(26-16)4-5-23-20(13)17-2-3-18(22)30-17/h2-10,26H,1H3,(H,24,27,28). The number of hydrogen-bond acceptors (Lipinski definition) is 5. The summed E-state index contributed by atoms with van der Waals surface area (Å²) < 4.78 is 15.3. The Morgan fingerprint density at radius 2 is 1.93 bits per heavy atom. The third kappa shape index (κ3) is 2.63. The van der Waals surface area contributed by atoms with E-state index in [9.17, 15) is 4.39 Å². The van der Waals surface area contributed by atoms with E-state index in [1.165, 1.54) is 6.07 Å². The fourth-order valence-corrected chi connectivity index (χ4v) is 4.40. The van der Waals surface area contributed by atoms with Gasteiger partial charge in [0, 0.05) is 53.1 Å². The van der Waals surface area contributed by atoms with Gasteiger partial charge in [-0.05, 0) is 30.3 Å². The van der Waals surface area contributed by atoms with Crippen molar-refractivity contribution in [1.82, 2.24) is 34.9 Å². The summed E-state index contributed by atoms with van der Waals surface area (Å²) in [5.74, 6) is 0. The van der Waals surface area contributed by atoms with Crippen LogP contribution in [0.1, 0.15) is 0 Å². The van der Waals surface area contributed by atoms with Crippen LogP contribution in [0.25, 0.3) is 55.0 Å². The molecule has 0 saturated carbocycles. The zero-order chi connectivity index (χ0) is 20.2. The predicted octanol–water partition coefficient (Wildman–Crippen LogP) is 4.77. The predicted molar refractivity (Wildman–Crippen MR) is 114 cm³/mol. The van der Waals surface area contributed by atoms with Crippen molar-refractivity contribution in [3.63, 3.8) is 0 Å². The van der Waals surface area contributed by atoms with Crippen LogP contribution in [0.2, 0.25) is 0 Å². The van der Waals surface area contributed by atoms with E-state index < -0.39 is 0 Å². The monoisotopic (exact) mass is 415 g/mol. The molecular formula is C21H14FN7S. The maximum Gasteiger partial charge on any atom is 0.177 e. The molecule has 0 aliphatic rings. The average Bonchev–Trinajstić information content (AvgIpc) is 3.52. The molecule has 0 fully saturated rings. The number of fused-ring (bicyclic) bond motifs is 2. The molecule has 9 heteroatoms. The number of halogens is 1. The van der Waals surface area contributed by atoms with Crippen LogP contribution in [0.4, 0.5) is 4.39 Å². The number of aryl methyl sites for hydroxylation is 1. The number of aromatic nitrogens is 7. The molecule has 0 atom stereocenters. The second-order valence-corrected chi connectivity index (χ2v) is 8.04. The summed E-state index contributed by atoms with van der Waals surface area (Å²) in [6.07, 6.45) is 7.29. The normalized spacial score (nSPS) is 11.7. The molecule has 0 aliphatic heterocycles. The van der Waals surface area contributed by atoms with Crippen LogP contribution in [0.5, 0.6) is 0 Å². The van der Waals surface area contributed by atoms with Gasteiger partial charge in [-0.25, -0.2) is 4.98 Å². The maximum absolute atomic E-state index is 13.6. The summed E-state index contributed by atoms with van der Waals surface area (Å²) in [5.41, 5.74) is 5.92. The van der Waals surface area contributed by atoms with E-state index in [0.717, 1.165) is 60.7 Å². The highest BCUT2D eigenvalue weighted by molar-refractivity contribution is 7.13. The van der Waals surface area contributed by atoms with Crippen LogP contribution in [-0.4, -0.2) is 34.9 Å². The van der Waals surface area contributed by atoms with Crippen LogP contribution in [0.3, 0.4) is 0 Å². The number of H-pyrrole nitrogens is 2. The molecule has 6 aromatic rings. The molecule has 146 valence electrons. The molecule has 0 amide bonds. The Morgan fingerprint density at radius 3 is 2.73 bits per heavy atom. The highest BCUT2D eigenvalue weighted by Crippen LogP contribution is 2.35. The van der Waals surface area contributed by atoms with E-state index in [2.05, 4.69) is 36.3 Å². The quantitative estimate of drug-likeness (QED) is 0.436. The summed E-state index contributed by atoms with van der Waals surface area (Å²) in [4.78, 5) is 13.2. The van der Waals surface area contributed by atoms with Crippen molar-refractivity contribution < 1.29 is 4.39 Å². The number of hydrogen-bond donors (Lipinski definition) is 2. The zero-order valence-corrected chi connectivity index (χ0v) is 16.5. The highest BCUT2D eigenvalue weighted by atomic mass is 32.1. The van der Waals surface area contributed by atoms with Gasteiger partial charge in [-0.2, -0.15) is 14.6 Å². The fourth-order valence-electron chi connectivity index (χ4n) is 3.66. The van der Waals surface area contributed by atoms with Crippen LogP contribution >= 0.6 is 11.3 Å². The number of nitrogens with one attached hydrogen (secondary N) is 2. The minimum absolute atomic E-state index is 0.230. The molecule has 0 spiro atoms. The summed E-state index contributed by atoms with van der Waals surface area (Å²) in [5, 5.41) is 13.3. The highest BCUT2D eigenvalue weighted by Gasteiger charge is 2.16. The molecule has 6 aromatic heterocycles. The Morgan fingerprint density at radius 1 is 1.00 bits per heavy atom. The zero-order valence-electron chi connectivity index (χ0n) is 15.7. The van der Waals surface area contributed by atoms with E-state index >= 15 is 0 Å². The lowest BCUT2D eigenvalue weighted by Gasteiger charge is -1.98. The van der Waals surface area contributed by atoms with Crippen LogP contribution in [0.15, 0.2) is 55.1 Å². The van der Waals surface area contributed by atoms with Gasteiger partial charge in [-0.3, -0.25) is 14.8 Å². The summed E-state index contributed by atoms with van der Waals surface area (Å²) in [6.45, 7) is 0. The van der Waals surface area contributed by atoms with Gasteiger partial charge in [0.1, 0.15) is 5.69 Å². The number of pyridine rings is 2. The van der Waals surface area contributed by atoms with Crippen molar-refractivity contribution in [2.24, 2.45) is 7.05 Å². The Bertz CT molecular complexity index is 1540. The van der Waals surface area contributed by atoms with Crippen molar-refractivity contribution in [2.45, 2.75) is 0 Å². The minimum atomic E-state index is -0.230. The molecule has 7 nitrogen and oxygen atoms in total. The van der Waals surface area contributed by atoms with E-state index in [0.29, 0.717) is 5.65 Å². The first-order valence-corrected chi connectivity index (χ1v) is 10.0. The average molecular weight is 415 g/mol. The number of aromatic amines is 2. The van der Waals surface area contributed by atoms with Gasteiger partial charge in [-0.15, -0.1) is 11.3 Å². The SMILES string of the molecule is Cn1cc(-c2cnc3[nH]nc(-c4cc5c(-c6ccc(F)s6)nccc5[nH]4)c3c2)cn1. The molecule has 6 heterocycles. The summed E-state index contributed by atoms with van der Waals surface area (Å²) in [6, 6.07) is 9.17. The van der Waals surface area contributed by atoms with E-state index in [-0.39, 0.29) is 5.13 Å². The van der Waals surface area contributed by atoms with Gasteiger partial charge >= 0.3 is 0 Å². The lowest BCUT2D eigenvalue weighted by molar-refractivity contribution is 0.657. The molecule has 6 rings (SSSR count). The van der Waals surface area contributed by atoms with Gasteiger partial charge in [-0.1, -0.05) is 0 Å². The smallest absolute Gasteiger partial charge is 0.177 e. The largest absolute Gasteiger partial charge is 0.353 e. The maximum atomic E-state index is 13.6. The molecule has 0 radical (unpaired) electrons. The Kier molecular flexibility index (Phi) is 3.59. The van der Waals surface area contributed by atoms with Gasteiger partial charge in [0.15, 0.2) is 10.8 Å². The first-order chi connectivity index (χ1) is 14.7. The van der Waals surface area contributed by atoms with Crippen LogP contribution < -0.4 is 0 Å². The second-order valence-electron chi connectivity index (χ2n) is 7.00. The van der Waals surface area contributed by atoms with E-state index in [1.54, 1.807) is 23.1 Å². The topological polar surface area (TPSA) is 88.1 Å². The summed E-state index contributed by atoms with van der Waals surface area (Å²) >= 11 is 1.08. The van der Waals surface area contributed by atoms with Crippen molar-refractivity contribution in [3.05, 3.63) is 60.3 Å². The lowest BCUT2D eigenvalue weighted by Crippen LogP contribution is -1.84. The van der Waals surface area contributed by atoms with Gasteiger partial charge in [0.2, 0.25) is 0 Å². The fraction of sp³-hybridized carbons (Fsp3) is 0.0476. The molecule has 0 unspecified atom stereocenters. The molecular weight excluding hydrogens is 401 g/mol. The molecule has 0 aliphatic carbocycles. The third-order valence-corrected chi connectivity index (χ3v) is 5.94. The lowest BCUT2D eigenvalue weighted by atomic mass is 10.1. The van der Waals surface area contributed by atoms with Crippen molar-refractivity contribution in [1.29, 1.82) is 0 Å². The van der Waals surface area contributed by atoms with Crippen molar-refractivity contribution in [2.75, 3.05) is 0 Å². The number of thiophene rings is 1. The third-order valence-electron chi connectivity index (χ3n) is 5.06.